The first-order chi connectivity index (χ1) is 18.9. The zero-order valence-electron chi connectivity index (χ0n) is 23.1. The minimum Gasteiger partial charge on any atom is -0.493 e. The Morgan fingerprint density at radius 1 is 1.00 bits per heavy atom. The Bertz CT molecular complexity index is 1460. The highest BCUT2D eigenvalue weighted by Gasteiger charge is 2.22. The number of pyridine rings is 3. The molecule has 1 saturated heterocycles. The highest BCUT2D eigenvalue weighted by molar-refractivity contribution is 6.10. The minimum absolute atomic E-state index is 0.112. The molecule has 1 aromatic carbocycles. The average molecular weight is 532 g/mol. The van der Waals surface area contributed by atoms with Crippen molar-refractivity contribution in [3.05, 3.63) is 42.9 Å². The van der Waals surface area contributed by atoms with Gasteiger partial charge >= 0.3 is 0 Å². The van der Waals surface area contributed by atoms with Crippen LogP contribution in [0.1, 0.15) is 12.8 Å². The van der Waals surface area contributed by atoms with Crippen molar-refractivity contribution in [1.29, 1.82) is 0 Å². The molecule has 0 aliphatic carbocycles. The zero-order chi connectivity index (χ0) is 27.5. The van der Waals surface area contributed by atoms with Crippen molar-refractivity contribution in [2.75, 3.05) is 60.3 Å². The van der Waals surface area contributed by atoms with E-state index in [1.165, 1.54) is 12.8 Å². The number of fused-ring (bicyclic) bond motifs is 3. The van der Waals surface area contributed by atoms with Crippen molar-refractivity contribution in [1.82, 2.24) is 24.8 Å². The van der Waals surface area contributed by atoms with Crippen LogP contribution in [0.25, 0.3) is 32.9 Å². The third kappa shape index (κ3) is 5.83. The summed E-state index contributed by atoms with van der Waals surface area (Å²) in [5, 5.41) is 2.56. The molecule has 1 fully saturated rings. The SMILES string of the molecule is COc1cc2ncc3c(N)nc(-c4cncc(OC[C@@H](N)CN(C)C5CCN(C)CC5)c4)cc3c2cc1OC. The molecule has 39 heavy (non-hydrogen) atoms. The second kappa shape index (κ2) is 11.6. The van der Waals surface area contributed by atoms with Crippen LogP contribution in [0.5, 0.6) is 17.2 Å². The summed E-state index contributed by atoms with van der Waals surface area (Å²) >= 11 is 0. The molecule has 4 aromatic rings. The fourth-order valence-electron chi connectivity index (χ4n) is 5.25. The van der Waals surface area contributed by atoms with Crippen molar-refractivity contribution in [3.8, 4) is 28.5 Å². The smallest absolute Gasteiger partial charge is 0.162 e. The minimum atomic E-state index is -0.112. The molecule has 4 N–H and O–H groups in total. The predicted octanol–water partition coefficient (Wildman–Crippen LogP) is 3.18. The van der Waals surface area contributed by atoms with Gasteiger partial charge in [0.05, 0.1) is 37.7 Å². The number of rotatable bonds is 9. The normalized spacial score (nSPS) is 15.6. The monoisotopic (exact) mass is 531 g/mol. The van der Waals surface area contributed by atoms with E-state index in [0.29, 0.717) is 41.4 Å². The van der Waals surface area contributed by atoms with Gasteiger partial charge in [-0.1, -0.05) is 0 Å². The number of piperidine rings is 1. The molecule has 10 heteroatoms. The number of methoxy groups -OCH3 is 2. The number of anilines is 1. The summed E-state index contributed by atoms with van der Waals surface area (Å²) in [6.45, 7) is 3.42. The molecule has 1 aliphatic heterocycles. The van der Waals surface area contributed by atoms with Crippen LogP contribution in [0.4, 0.5) is 5.82 Å². The molecule has 0 bridgehead atoms. The summed E-state index contributed by atoms with van der Waals surface area (Å²) in [5.41, 5.74) is 15.1. The standard InChI is InChI=1S/C29H37N7O3/c1-35-7-5-20(6-8-35)36(2)16-19(30)17-39-21-9-18(13-32-14-21)25-10-22-23-11-27(37-3)28(38-4)12-26(23)33-15-24(22)29(31)34-25/h9-15,19-20H,5-8,16-17,30H2,1-4H3,(H2,31,34)/t19-/m0/s1. The topological polar surface area (TPSA) is 125 Å². The molecule has 10 nitrogen and oxygen atoms in total. The zero-order valence-corrected chi connectivity index (χ0v) is 23.1. The van der Waals surface area contributed by atoms with Gasteiger partial charge in [0, 0.05) is 47.4 Å². The Morgan fingerprint density at radius 2 is 1.74 bits per heavy atom. The molecule has 206 valence electrons. The number of likely N-dealkylation sites (tertiary alicyclic amines) is 1. The summed E-state index contributed by atoms with van der Waals surface area (Å²) in [6, 6.07) is 8.13. The number of benzene rings is 1. The van der Waals surface area contributed by atoms with Crippen LogP contribution < -0.4 is 25.7 Å². The van der Waals surface area contributed by atoms with E-state index in [0.717, 1.165) is 46.9 Å². The van der Waals surface area contributed by atoms with Gasteiger partial charge < -0.3 is 35.5 Å². The number of likely N-dealkylation sites (N-methyl/N-ethyl adjacent to an activating group) is 1. The number of hydrogen-bond acceptors (Lipinski definition) is 10. The molecular weight excluding hydrogens is 494 g/mol. The van der Waals surface area contributed by atoms with Crippen LogP contribution >= 0.6 is 0 Å². The first-order valence-corrected chi connectivity index (χ1v) is 13.2. The number of nitrogens with zero attached hydrogens (tertiary/aromatic N) is 5. The Hall–Kier alpha value is -3.73. The summed E-state index contributed by atoms with van der Waals surface area (Å²) in [6.07, 6.45) is 7.51. The second-order valence-electron chi connectivity index (χ2n) is 10.3. The van der Waals surface area contributed by atoms with E-state index in [4.69, 9.17) is 25.7 Å². The number of ether oxygens (including phenoxy) is 3. The van der Waals surface area contributed by atoms with Gasteiger partial charge in [-0.05, 0) is 63.6 Å². The van der Waals surface area contributed by atoms with Crippen LogP contribution in [0.2, 0.25) is 0 Å². The third-order valence-electron chi connectivity index (χ3n) is 7.52. The van der Waals surface area contributed by atoms with Crippen LogP contribution in [-0.2, 0) is 0 Å². The number of nitrogens with two attached hydrogens (primary N) is 2. The van der Waals surface area contributed by atoms with E-state index in [-0.39, 0.29) is 6.04 Å². The molecule has 0 amide bonds. The molecule has 1 atom stereocenters. The molecule has 0 unspecified atom stereocenters. The number of aromatic nitrogens is 3. The van der Waals surface area contributed by atoms with E-state index < -0.39 is 0 Å². The lowest BCUT2D eigenvalue weighted by atomic mass is 10.0. The lowest BCUT2D eigenvalue weighted by Gasteiger charge is -2.36. The largest absolute Gasteiger partial charge is 0.493 e. The van der Waals surface area contributed by atoms with Crippen LogP contribution in [0.3, 0.4) is 0 Å². The summed E-state index contributed by atoms with van der Waals surface area (Å²) < 4.78 is 17.0. The molecular formula is C29H37N7O3. The fraction of sp³-hybridized carbons (Fsp3) is 0.414. The van der Waals surface area contributed by atoms with Crippen molar-refractivity contribution < 1.29 is 14.2 Å². The highest BCUT2D eigenvalue weighted by atomic mass is 16.5. The van der Waals surface area contributed by atoms with Crippen LogP contribution in [0.15, 0.2) is 42.9 Å². The molecule has 5 rings (SSSR count). The number of hydrogen-bond donors (Lipinski definition) is 2. The van der Waals surface area contributed by atoms with E-state index in [2.05, 4.69) is 38.8 Å². The van der Waals surface area contributed by atoms with Crippen LogP contribution in [-0.4, -0.2) is 91.4 Å². The second-order valence-corrected chi connectivity index (χ2v) is 10.3. The molecule has 4 heterocycles. The Labute approximate surface area is 228 Å². The van der Waals surface area contributed by atoms with Crippen LogP contribution in [0, 0.1) is 0 Å². The average Bonchev–Trinajstić information content (AvgIpc) is 2.95. The summed E-state index contributed by atoms with van der Waals surface area (Å²) in [5.74, 6) is 2.25. The molecule has 0 spiro atoms. The van der Waals surface area contributed by atoms with E-state index in [1.807, 2.05) is 24.3 Å². The van der Waals surface area contributed by atoms with Crippen molar-refractivity contribution >= 4 is 27.5 Å². The van der Waals surface area contributed by atoms with Gasteiger partial charge in [-0.25, -0.2) is 4.98 Å². The quantitative estimate of drug-likeness (QED) is 0.311. The Kier molecular flexibility index (Phi) is 7.97. The third-order valence-corrected chi connectivity index (χ3v) is 7.52. The van der Waals surface area contributed by atoms with E-state index >= 15 is 0 Å². The van der Waals surface area contributed by atoms with Crippen molar-refractivity contribution in [2.24, 2.45) is 5.73 Å². The maximum Gasteiger partial charge on any atom is 0.162 e. The van der Waals surface area contributed by atoms with Gasteiger partial charge in [0.25, 0.3) is 0 Å². The molecule has 1 aliphatic rings. The van der Waals surface area contributed by atoms with Gasteiger partial charge in [-0.2, -0.15) is 0 Å². The van der Waals surface area contributed by atoms with Gasteiger partial charge in [0.15, 0.2) is 11.5 Å². The van der Waals surface area contributed by atoms with Gasteiger partial charge in [0.2, 0.25) is 0 Å². The number of nitrogen functional groups attached to an aromatic ring is 1. The van der Waals surface area contributed by atoms with Gasteiger partial charge in [-0.3, -0.25) is 9.97 Å². The maximum absolute atomic E-state index is 6.43. The molecule has 0 radical (unpaired) electrons. The Balaban J connectivity index is 1.35. The summed E-state index contributed by atoms with van der Waals surface area (Å²) in [7, 11) is 7.54. The molecule has 3 aromatic heterocycles. The van der Waals surface area contributed by atoms with E-state index in [1.54, 1.807) is 32.8 Å². The van der Waals surface area contributed by atoms with Gasteiger partial charge in [0.1, 0.15) is 18.2 Å². The fourth-order valence-corrected chi connectivity index (χ4v) is 5.25. The highest BCUT2D eigenvalue weighted by Crippen LogP contribution is 2.37. The van der Waals surface area contributed by atoms with Crippen molar-refractivity contribution in [3.63, 3.8) is 0 Å². The van der Waals surface area contributed by atoms with E-state index in [9.17, 15) is 0 Å². The molecule has 0 saturated carbocycles. The summed E-state index contributed by atoms with van der Waals surface area (Å²) in [4.78, 5) is 18.3. The first-order valence-electron chi connectivity index (χ1n) is 13.2. The predicted molar refractivity (Wildman–Crippen MR) is 154 cm³/mol. The van der Waals surface area contributed by atoms with Crippen molar-refractivity contribution in [2.45, 2.75) is 24.9 Å². The lowest BCUT2D eigenvalue weighted by Crippen LogP contribution is -2.47. The Morgan fingerprint density at radius 3 is 2.49 bits per heavy atom. The lowest BCUT2D eigenvalue weighted by molar-refractivity contribution is 0.130. The maximum atomic E-state index is 6.43. The van der Waals surface area contributed by atoms with Gasteiger partial charge in [-0.15, -0.1) is 0 Å². The first kappa shape index (κ1) is 26.9.